The highest BCUT2D eigenvalue weighted by Crippen LogP contribution is 2.16. The van der Waals surface area contributed by atoms with Gasteiger partial charge in [0, 0.05) is 6.54 Å². The Balaban J connectivity index is 2.52. The smallest absolute Gasteiger partial charge is 0.170 e. The quantitative estimate of drug-likeness (QED) is 0.626. The SMILES string of the molecule is CCNC(=S)Nc1ccc(SCC)nc1. The van der Waals surface area contributed by atoms with E-state index in [-0.39, 0.29) is 0 Å². The second-order valence-corrected chi connectivity index (χ2v) is 4.50. The first-order valence-electron chi connectivity index (χ1n) is 4.90. The molecule has 0 aromatic carbocycles. The monoisotopic (exact) mass is 241 g/mol. The highest BCUT2D eigenvalue weighted by atomic mass is 32.2. The molecular weight excluding hydrogens is 226 g/mol. The molecule has 1 heterocycles. The second-order valence-electron chi connectivity index (χ2n) is 2.80. The van der Waals surface area contributed by atoms with E-state index in [1.807, 2.05) is 19.1 Å². The molecule has 0 bridgehead atoms. The highest BCUT2D eigenvalue weighted by Gasteiger charge is 1.97. The van der Waals surface area contributed by atoms with Gasteiger partial charge in [0.1, 0.15) is 0 Å². The third kappa shape index (κ3) is 4.48. The van der Waals surface area contributed by atoms with Crippen LogP contribution in [0.15, 0.2) is 23.4 Å². The summed E-state index contributed by atoms with van der Waals surface area (Å²) in [5.41, 5.74) is 0.918. The largest absolute Gasteiger partial charge is 0.363 e. The number of anilines is 1. The zero-order valence-electron chi connectivity index (χ0n) is 8.91. The molecule has 1 aromatic rings. The van der Waals surface area contributed by atoms with E-state index in [9.17, 15) is 0 Å². The van der Waals surface area contributed by atoms with Gasteiger partial charge in [0.05, 0.1) is 16.9 Å². The number of hydrogen-bond donors (Lipinski definition) is 2. The van der Waals surface area contributed by atoms with Gasteiger partial charge in [-0.25, -0.2) is 4.98 Å². The van der Waals surface area contributed by atoms with Crippen LogP contribution in [-0.4, -0.2) is 22.4 Å². The van der Waals surface area contributed by atoms with Crippen LogP contribution < -0.4 is 10.6 Å². The first-order valence-corrected chi connectivity index (χ1v) is 6.29. The molecule has 3 nitrogen and oxygen atoms in total. The van der Waals surface area contributed by atoms with E-state index < -0.39 is 0 Å². The predicted molar refractivity (Wildman–Crippen MR) is 70.5 cm³/mol. The summed E-state index contributed by atoms with van der Waals surface area (Å²) in [6.07, 6.45) is 1.79. The van der Waals surface area contributed by atoms with Crippen molar-refractivity contribution in [2.24, 2.45) is 0 Å². The molecule has 0 atom stereocenters. The zero-order valence-corrected chi connectivity index (χ0v) is 10.5. The van der Waals surface area contributed by atoms with Crippen LogP contribution in [0.4, 0.5) is 5.69 Å². The minimum Gasteiger partial charge on any atom is -0.363 e. The minimum atomic E-state index is 0.634. The molecular formula is C10H15N3S2. The summed E-state index contributed by atoms with van der Waals surface area (Å²) in [4.78, 5) is 4.29. The van der Waals surface area contributed by atoms with Crippen LogP contribution in [-0.2, 0) is 0 Å². The van der Waals surface area contributed by atoms with Crippen molar-refractivity contribution >= 4 is 34.8 Å². The highest BCUT2D eigenvalue weighted by molar-refractivity contribution is 7.99. The summed E-state index contributed by atoms with van der Waals surface area (Å²) < 4.78 is 0. The first kappa shape index (κ1) is 12.3. The number of nitrogens with zero attached hydrogens (tertiary/aromatic N) is 1. The molecule has 0 unspecified atom stereocenters. The van der Waals surface area contributed by atoms with Crippen molar-refractivity contribution in [1.29, 1.82) is 0 Å². The molecule has 0 saturated heterocycles. The van der Waals surface area contributed by atoms with Gasteiger partial charge in [-0.2, -0.15) is 0 Å². The van der Waals surface area contributed by atoms with E-state index in [2.05, 4.69) is 22.5 Å². The standard InChI is InChI=1S/C10H15N3S2/c1-3-11-10(14)13-8-5-6-9(12-7-8)15-4-2/h5-7H,3-4H2,1-2H3,(H2,11,13,14). The maximum absolute atomic E-state index is 5.06. The topological polar surface area (TPSA) is 37.0 Å². The number of thioether (sulfide) groups is 1. The molecule has 0 spiro atoms. The van der Waals surface area contributed by atoms with Gasteiger partial charge in [-0.15, -0.1) is 11.8 Å². The van der Waals surface area contributed by atoms with Crippen molar-refractivity contribution in [2.75, 3.05) is 17.6 Å². The molecule has 0 amide bonds. The normalized spacial score (nSPS) is 9.73. The predicted octanol–water partition coefficient (Wildman–Crippen LogP) is 2.50. The molecule has 0 saturated carbocycles. The third-order valence-electron chi connectivity index (χ3n) is 1.62. The van der Waals surface area contributed by atoms with Crippen LogP contribution in [0.1, 0.15) is 13.8 Å². The third-order valence-corrected chi connectivity index (χ3v) is 2.70. The van der Waals surface area contributed by atoms with Crippen molar-refractivity contribution < 1.29 is 0 Å². The van der Waals surface area contributed by atoms with Crippen molar-refractivity contribution in [3.63, 3.8) is 0 Å². The van der Waals surface area contributed by atoms with E-state index in [0.29, 0.717) is 5.11 Å². The molecule has 0 radical (unpaired) electrons. The molecule has 0 aliphatic rings. The Morgan fingerprint density at radius 3 is 2.80 bits per heavy atom. The first-order chi connectivity index (χ1) is 7.26. The Hall–Kier alpha value is -0.810. The van der Waals surface area contributed by atoms with Gasteiger partial charge >= 0.3 is 0 Å². The van der Waals surface area contributed by atoms with Gasteiger partial charge in [0.25, 0.3) is 0 Å². The van der Waals surface area contributed by atoms with Crippen LogP contribution >= 0.6 is 24.0 Å². The molecule has 1 rings (SSSR count). The fourth-order valence-electron chi connectivity index (χ4n) is 1.02. The van der Waals surface area contributed by atoms with E-state index in [1.165, 1.54) is 0 Å². The molecule has 0 fully saturated rings. The van der Waals surface area contributed by atoms with Crippen LogP contribution in [0.2, 0.25) is 0 Å². The summed E-state index contributed by atoms with van der Waals surface area (Å²) >= 11 is 6.79. The Morgan fingerprint density at radius 2 is 2.27 bits per heavy atom. The Bertz CT molecular complexity index is 311. The second kappa shape index (κ2) is 6.63. The lowest BCUT2D eigenvalue weighted by Gasteiger charge is -2.08. The Labute approximate surface area is 100 Å². The minimum absolute atomic E-state index is 0.634. The van der Waals surface area contributed by atoms with Crippen LogP contribution in [0.3, 0.4) is 0 Å². The fraction of sp³-hybridized carbons (Fsp3) is 0.400. The molecule has 0 aliphatic carbocycles. The number of aromatic nitrogens is 1. The number of nitrogens with one attached hydrogen (secondary N) is 2. The average molecular weight is 241 g/mol. The lowest BCUT2D eigenvalue weighted by molar-refractivity contribution is 0.979. The molecule has 82 valence electrons. The zero-order chi connectivity index (χ0) is 11.1. The summed E-state index contributed by atoms with van der Waals surface area (Å²) in [6, 6.07) is 3.97. The van der Waals surface area contributed by atoms with Gasteiger partial charge in [-0.3, -0.25) is 0 Å². The van der Waals surface area contributed by atoms with E-state index in [1.54, 1.807) is 18.0 Å². The maximum atomic E-state index is 5.06. The molecule has 1 aromatic heterocycles. The van der Waals surface area contributed by atoms with Crippen molar-refractivity contribution in [2.45, 2.75) is 18.9 Å². The van der Waals surface area contributed by atoms with E-state index in [4.69, 9.17) is 12.2 Å². The molecule has 2 N–H and O–H groups in total. The average Bonchev–Trinajstić information content (AvgIpc) is 2.22. The van der Waals surface area contributed by atoms with E-state index >= 15 is 0 Å². The number of thiocarbonyl (C=S) groups is 1. The van der Waals surface area contributed by atoms with Gasteiger partial charge in [0.15, 0.2) is 5.11 Å². The number of rotatable bonds is 4. The Morgan fingerprint density at radius 1 is 1.47 bits per heavy atom. The van der Waals surface area contributed by atoms with Gasteiger partial charge in [-0.05, 0) is 37.0 Å². The van der Waals surface area contributed by atoms with Crippen molar-refractivity contribution in [3.05, 3.63) is 18.3 Å². The van der Waals surface area contributed by atoms with Gasteiger partial charge < -0.3 is 10.6 Å². The maximum Gasteiger partial charge on any atom is 0.170 e. The Kier molecular flexibility index (Phi) is 5.42. The summed E-state index contributed by atoms with van der Waals surface area (Å²) in [7, 11) is 0. The number of pyridine rings is 1. The summed E-state index contributed by atoms with van der Waals surface area (Å²) in [5, 5.41) is 7.76. The van der Waals surface area contributed by atoms with E-state index in [0.717, 1.165) is 23.0 Å². The number of hydrogen-bond acceptors (Lipinski definition) is 3. The summed E-state index contributed by atoms with van der Waals surface area (Å²) in [6.45, 7) is 4.94. The summed E-state index contributed by atoms with van der Waals surface area (Å²) in [5.74, 6) is 1.04. The van der Waals surface area contributed by atoms with Gasteiger partial charge in [-0.1, -0.05) is 6.92 Å². The van der Waals surface area contributed by atoms with Crippen LogP contribution in [0, 0.1) is 0 Å². The van der Waals surface area contributed by atoms with Crippen molar-refractivity contribution in [3.8, 4) is 0 Å². The lowest BCUT2D eigenvalue weighted by atomic mass is 10.4. The van der Waals surface area contributed by atoms with Gasteiger partial charge in [0.2, 0.25) is 0 Å². The molecule has 5 heteroatoms. The fourth-order valence-corrected chi connectivity index (χ4v) is 1.87. The van der Waals surface area contributed by atoms with Crippen molar-refractivity contribution in [1.82, 2.24) is 10.3 Å². The molecule has 0 aliphatic heterocycles. The lowest BCUT2D eigenvalue weighted by Crippen LogP contribution is -2.27. The van der Waals surface area contributed by atoms with Crippen LogP contribution in [0.25, 0.3) is 0 Å². The molecule has 15 heavy (non-hydrogen) atoms. The van der Waals surface area contributed by atoms with Crippen LogP contribution in [0.5, 0.6) is 0 Å².